The summed E-state index contributed by atoms with van der Waals surface area (Å²) in [5, 5.41) is 0. The third-order valence-corrected chi connectivity index (χ3v) is 5.31. The van der Waals surface area contributed by atoms with Gasteiger partial charge in [0, 0.05) is 39.2 Å². The van der Waals surface area contributed by atoms with E-state index in [0.29, 0.717) is 26.1 Å². The summed E-state index contributed by atoms with van der Waals surface area (Å²) in [5.74, 6) is -0.00727. The zero-order valence-corrected chi connectivity index (χ0v) is 15.9. The van der Waals surface area contributed by atoms with E-state index >= 15 is 0 Å². The maximum atomic E-state index is 12.9. The van der Waals surface area contributed by atoms with Crippen LogP contribution in [-0.4, -0.2) is 54.0 Å². The lowest BCUT2D eigenvalue weighted by Crippen LogP contribution is -2.46. The Morgan fingerprint density at radius 2 is 2.00 bits per heavy atom. The van der Waals surface area contributed by atoms with E-state index in [2.05, 4.69) is 38.1 Å². The molecule has 1 aromatic rings. The van der Waals surface area contributed by atoms with E-state index in [9.17, 15) is 9.59 Å². The van der Waals surface area contributed by atoms with Crippen LogP contribution in [0.2, 0.25) is 0 Å². The largest absolute Gasteiger partial charge is 0.376 e. The van der Waals surface area contributed by atoms with Crippen LogP contribution >= 0.6 is 0 Å². The predicted octanol–water partition coefficient (Wildman–Crippen LogP) is 2.76. The van der Waals surface area contributed by atoms with Gasteiger partial charge in [-0.2, -0.15) is 0 Å². The lowest BCUT2D eigenvalue weighted by molar-refractivity contribution is -0.139. The number of carbonyl (C=O) groups is 2. The van der Waals surface area contributed by atoms with Gasteiger partial charge in [-0.15, -0.1) is 0 Å². The second-order valence-corrected chi connectivity index (χ2v) is 7.58. The predicted molar refractivity (Wildman–Crippen MR) is 101 cm³/mol. The molecule has 0 saturated carbocycles. The number of ether oxygens (including phenoxy) is 1. The molecule has 26 heavy (non-hydrogen) atoms. The van der Waals surface area contributed by atoms with Crippen molar-refractivity contribution >= 4 is 11.8 Å². The fourth-order valence-corrected chi connectivity index (χ4v) is 3.82. The average Bonchev–Trinajstić information content (AvgIpc) is 3.02. The first-order valence-corrected chi connectivity index (χ1v) is 9.80. The Morgan fingerprint density at radius 3 is 2.73 bits per heavy atom. The molecule has 0 N–H and O–H groups in total. The highest BCUT2D eigenvalue weighted by Crippen LogP contribution is 2.24. The molecule has 2 amide bonds. The molecular formula is C21H30N2O3. The van der Waals surface area contributed by atoms with E-state index in [1.165, 1.54) is 5.56 Å². The molecule has 0 radical (unpaired) electrons. The van der Waals surface area contributed by atoms with Crippen LogP contribution in [0.4, 0.5) is 0 Å². The zero-order valence-electron chi connectivity index (χ0n) is 15.9. The van der Waals surface area contributed by atoms with E-state index in [1.807, 2.05) is 9.80 Å². The van der Waals surface area contributed by atoms with Gasteiger partial charge in [0.1, 0.15) is 0 Å². The number of benzene rings is 1. The Balaban J connectivity index is 1.55. The summed E-state index contributed by atoms with van der Waals surface area (Å²) in [6.45, 7) is 7.47. The van der Waals surface area contributed by atoms with Gasteiger partial charge >= 0.3 is 0 Å². The summed E-state index contributed by atoms with van der Waals surface area (Å²) >= 11 is 0. The highest BCUT2D eigenvalue weighted by atomic mass is 16.5. The summed E-state index contributed by atoms with van der Waals surface area (Å²) in [4.78, 5) is 29.0. The number of rotatable bonds is 6. The number of hydrogen-bond acceptors (Lipinski definition) is 3. The molecule has 5 nitrogen and oxygen atoms in total. The zero-order chi connectivity index (χ0) is 18.5. The minimum Gasteiger partial charge on any atom is -0.376 e. The summed E-state index contributed by atoms with van der Waals surface area (Å²) in [6.07, 6.45) is 3.48. The summed E-state index contributed by atoms with van der Waals surface area (Å²) in [5.41, 5.74) is 2.32. The quantitative estimate of drug-likeness (QED) is 0.786. The smallest absolute Gasteiger partial charge is 0.228 e. The maximum absolute atomic E-state index is 12.9. The van der Waals surface area contributed by atoms with Gasteiger partial charge in [-0.1, -0.05) is 36.8 Å². The van der Waals surface area contributed by atoms with E-state index in [1.54, 1.807) is 0 Å². The van der Waals surface area contributed by atoms with Crippen LogP contribution < -0.4 is 0 Å². The standard InChI is InChI=1S/C21H30N2O3/c1-3-11-26-19-5-4-10-22(15-19)21(25)18-12-20(24)23(14-18)13-17-8-6-16(2)7-9-17/h6-9,18-19H,3-5,10-15H2,1-2H3. The van der Waals surface area contributed by atoms with Crippen LogP contribution in [0.5, 0.6) is 0 Å². The van der Waals surface area contributed by atoms with Crippen molar-refractivity contribution in [1.82, 2.24) is 9.80 Å². The van der Waals surface area contributed by atoms with Crippen molar-refractivity contribution < 1.29 is 14.3 Å². The maximum Gasteiger partial charge on any atom is 0.228 e. The van der Waals surface area contributed by atoms with Crippen molar-refractivity contribution in [3.8, 4) is 0 Å². The normalized spacial score (nSPS) is 23.5. The first-order valence-electron chi connectivity index (χ1n) is 9.80. The van der Waals surface area contributed by atoms with Crippen LogP contribution in [0.25, 0.3) is 0 Å². The minimum atomic E-state index is -0.210. The van der Waals surface area contributed by atoms with Gasteiger partial charge in [-0.3, -0.25) is 9.59 Å². The number of hydrogen-bond donors (Lipinski definition) is 0. The first kappa shape index (κ1) is 18.9. The van der Waals surface area contributed by atoms with E-state index < -0.39 is 0 Å². The fourth-order valence-electron chi connectivity index (χ4n) is 3.82. The van der Waals surface area contributed by atoms with Gasteiger partial charge < -0.3 is 14.5 Å². The van der Waals surface area contributed by atoms with Crippen LogP contribution in [0.1, 0.15) is 43.7 Å². The molecule has 0 spiro atoms. The Labute approximate surface area is 156 Å². The third kappa shape index (κ3) is 4.64. The van der Waals surface area contributed by atoms with E-state index in [-0.39, 0.29) is 23.8 Å². The van der Waals surface area contributed by atoms with Crippen molar-refractivity contribution in [2.45, 2.75) is 52.2 Å². The van der Waals surface area contributed by atoms with Gasteiger partial charge in [0.2, 0.25) is 11.8 Å². The van der Waals surface area contributed by atoms with Crippen LogP contribution in [0.15, 0.2) is 24.3 Å². The Morgan fingerprint density at radius 1 is 1.23 bits per heavy atom. The van der Waals surface area contributed by atoms with Gasteiger partial charge in [0.05, 0.1) is 12.0 Å². The molecule has 2 fully saturated rings. The number of likely N-dealkylation sites (tertiary alicyclic amines) is 2. The molecule has 0 aromatic heterocycles. The van der Waals surface area contributed by atoms with Crippen molar-refractivity contribution in [3.05, 3.63) is 35.4 Å². The molecule has 2 aliphatic heterocycles. The molecule has 2 atom stereocenters. The summed E-state index contributed by atoms with van der Waals surface area (Å²) < 4.78 is 5.83. The summed E-state index contributed by atoms with van der Waals surface area (Å²) in [6, 6.07) is 8.22. The SMILES string of the molecule is CCCOC1CCCN(C(=O)C2CC(=O)N(Cc3ccc(C)cc3)C2)C1. The third-order valence-electron chi connectivity index (χ3n) is 5.31. The molecule has 142 valence electrons. The minimum absolute atomic E-state index is 0.0831. The van der Waals surface area contributed by atoms with Gasteiger partial charge in [0.25, 0.3) is 0 Å². The Bertz CT molecular complexity index is 629. The first-order chi connectivity index (χ1) is 12.6. The van der Waals surface area contributed by atoms with Gasteiger partial charge in [0.15, 0.2) is 0 Å². The average molecular weight is 358 g/mol. The highest BCUT2D eigenvalue weighted by molar-refractivity contribution is 5.89. The number of aryl methyl sites for hydroxylation is 1. The fraction of sp³-hybridized carbons (Fsp3) is 0.619. The van der Waals surface area contributed by atoms with Crippen LogP contribution in [-0.2, 0) is 20.9 Å². The van der Waals surface area contributed by atoms with Gasteiger partial charge in [-0.05, 0) is 31.7 Å². The van der Waals surface area contributed by atoms with E-state index in [4.69, 9.17) is 4.74 Å². The molecule has 2 unspecified atom stereocenters. The lowest BCUT2D eigenvalue weighted by atomic mass is 10.0. The number of nitrogens with zero attached hydrogens (tertiary/aromatic N) is 2. The molecule has 2 aliphatic rings. The van der Waals surface area contributed by atoms with Crippen LogP contribution in [0.3, 0.4) is 0 Å². The van der Waals surface area contributed by atoms with Crippen molar-refractivity contribution in [2.24, 2.45) is 5.92 Å². The molecule has 0 aliphatic carbocycles. The molecule has 1 aromatic carbocycles. The van der Waals surface area contributed by atoms with Gasteiger partial charge in [-0.25, -0.2) is 0 Å². The topological polar surface area (TPSA) is 49.9 Å². The van der Waals surface area contributed by atoms with Crippen LogP contribution in [0, 0.1) is 12.8 Å². The molecular weight excluding hydrogens is 328 g/mol. The molecule has 5 heteroatoms. The second-order valence-electron chi connectivity index (χ2n) is 7.58. The molecule has 0 bridgehead atoms. The molecule has 2 saturated heterocycles. The van der Waals surface area contributed by atoms with Crippen molar-refractivity contribution in [3.63, 3.8) is 0 Å². The number of piperidine rings is 1. The summed E-state index contributed by atoms with van der Waals surface area (Å²) in [7, 11) is 0. The monoisotopic (exact) mass is 358 g/mol. The Kier molecular flexibility index (Phi) is 6.30. The Hall–Kier alpha value is -1.88. The van der Waals surface area contributed by atoms with Crippen molar-refractivity contribution in [1.29, 1.82) is 0 Å². The highest BCUT2D eigenvalue weighted by Gasteiger charge is 2.37. The lowest BCUT2D eigenvalue weighted by Gasteiger charge is -2.34. The molecule has 2 heterocycles. The van der Waals surface area contributed by atoms with Crippen molar-refractivity contribution in [2.75, 3.05) is 26.2 Å². The van der Waals surface area contributed by atoms with E-state index in [0.717, 1.165) is 38.0 Å². The molecule has 3 rings (SSSR count). The second kappa shape index (κ2) is 8.67. The number of amides is 2. The number of carbonyl (C=O) groups excluding carboxylic acids is 2.